The maximum atomic E-state index is 5.20. The molecule has 0 saturated heterocycles. The first-order valence-corrected chi connectivity index (χ1v) is 4.65. The standard InChI is InChI=1S/C9H21NO2/c1-4-9(8-11-3)10-6-7-12-5-2/h9-10H,4-8H2,1-3H3. The molecule has 3 heteroatoms. The van der Waals surface area contributed by atoms with Crippen molar-refractivity contribution in [3.05, 3.63) is 0 Å². The molecule has 0 heterocycles. The molecule has 0 aromatic heterocycles. The highest BCUT2D eigenvalue weighted by Crippen LogP contribution is 1.90. The zero-order valence-corrected chi connectivity index (χ0v) is 8.43. The Kier molecular flexibility index (Phi) is 8.88. The van der Waals surface area contributed by atoms with Crippen molar-refractivity contribution in [2.24, 2.45) is 0 Å². The van der Waals surface area contributed by atoms with Crippen molar-refractivity contribution in [1.29, 1.82) is 0 Å². The largest absolute Gasteiger partial charge is 0.383 e. The summed E-state index contributed by atoms with van der Waals surface area (Å²) in [5.41, 5.74) is 0. The van der Waals surface area contributed by atoms with Crippen molar-refractivity contribution in [2.75, 3.05) is 33.5 Å². The molecule has 0 aliphatic rings. The van der Waals surface area contributed by atoms with Gasteiger partial charge in [-0.15, -0.1) is 0 Å². The Morgan fingerprint density at radius 3 is 2.58 bits per heavy atom. The summed E-state index contributed by atoms with van der Waals surface area (Å²) in [6, 6.07) is 0.468. The summed E-state index contributed by atoms with van der Waals surface area (Å²) in [6.45, 7) is 7.43. The minimum Gasteiger partial charge on any atom is -0.383 e. The van der Waals surface area contributed by atoms with E-state index in [2.05, 4.69) is 12.2 Å². The average Bonchev–Trinajstić information content (AvgIpc) is 2.10. The summed E-state index contributed by atoms with van der Waals surface area (Å²) >= 11 is 0. The highest BCUT2D eigenvalue weighted by atomic mass is 16.5. The fraction of sp³-hybridized carbons (Fsp3) is 1.00. The second kappa shape index (κ2) is 8.97. The molecular weight excluding hydrogens is 154 g/mol. The molecule has 1 N–H and O–H groups in total. The van der Waals surface area contributed by atoms with Crippen molar-refractivity contribution in [3.8, 4) is 0 Å². The minimum absolute atomic E-state index is 0.468. The van der Waals surface area contributed by atoms with Gasteiger partial charge in [-0.25, -0.2) is 0 Å². The number of methoxy groups -OCH3 is 1. The van der Waals surface area contributed by atoms with E-state index in [0.717, 1.165) is 32.8 Å². The van der Waals surface area contributed by atoms with Gasteiger partial charge >= 0.3 is 0 Å². The van der Waals surface area contributed by atoms with Crippen LogP contribution >= 0.6 is 0 Å². The van der Waals surface area contributed by atoms with Crippen LogP contribution in [0.25, 0.3) is 0 Å². The lowest BCUT2D eigenvalue weighted by Gasteiger charge is -2.15. The Balaban J connectivity index is 3.19. The topological polar surface area (TPSA) is 30.5 Å². The van der Waals surface area contributed by atoms with Crippen molar-refractivity contribution in [1.82, 2.24) is 5.32 Å². The fourth-order valence-corrected chi connectivity index (χ4v) is 1.00. The van der Waals surface area contributed by atoms with E-state index in [1.54, 1.807) is 7.11 Å². The normalized spacial score (nSPS) is 13.2. The third-order valence-corrected chi connectivity index (χ3v) is 1.74. The molecule has 0 aliphatic carbocycles. The number of ether oxygens (including phenoxy) is 2. The number of hydrogen-bond acceptors (Lipinski definition) is 3. The van der Waals surface area contributed by atoms with Crippen molar-refractivity contribution < 1.29 is 9.47 Å². The van der Waals surface area contributed by atoms with Crippen molar-refractivity contribution in [3.63, 3.8) is 0 Å². The van der Waals surface area contributed by atoms with Crippen LogP contribution < -0.4 is 5.32 Å². The molecule has 0 fully saturated rings. The molecule has 0 spiro atoms. The Hall–Kier alpha value is -0.120. The fourth-order valence-electron chi connectivity index (χ4n) is 1.00. The van der Waals surface area contributed by atoms with E-state index >= 15 is 0 Å². The lowest BCUT2D eigenvalue weighted by atomic mass is 10.2. The monoisotopic (exact) mass is 175 g/mol. The molecule has 0 amide bonds. The molecule has 3 nitrogen and oxygen atoms in total. The molecular formula is C9H21NO2. The highest BCUT2D eigenvalue weighted by Gasteiger charge is 2.02. The molecule has 0 aromatic carbocycles. The van der Waals surface area contributed by atoms with Crippen LogP contribution in [-0.2, 0) is 9.47 Å². The van der Waals surface area contributed by atoms with E-state index in [1.807, 2.05) is 6.92 Å². The lowest BCUT2D eigenvalue weighted by molar-refractivity contribution is 0.131. The molecule has 0 radical (unpaired) electrons. The smallest absolute Gasteiger partial charge is 0.0615 e. The van der Waals surface area contributed by atoms with Gasteiger partial charge in [-0.1, -0.05) is 6.92 Å². The predicted molar refractivity (Wildman–Crippen MR) is 50.5 cm³/mol. The van der Waals surface area contributed by atoms with Gasteiger partial charge in [0.2, 0.25) is 0 Å². The Morgan fingerprint density at radius 1 is 1.33 bits per heavy atom. The van der Waals surface area contributed by atoms with E-state index in [4.69, 9.17) is 9.47 Å². The third-order valence-electron chi connectivity index (χ3n) is 1.74. The molecule has 0 saturated carbocycles. The molecule has 74 valence electrons. The van der Waals surface area contributed by atoms with Crippen molar-refractivity contribution in [2.45, 2.75) is 26.3 Å². The molecule has 1 unspecified atom stereocenters. The van der Waals surface area contributed by atoms with Crippen LogP contribution in [-0.4, -0.2) is 39.5 Å². The molecule has 1 atom stereocenters. The Bertz CT molecular complexity index is 88.6. The Morgan fingerprint density at radius 2 is 2.08 bits per heavy atom. The van der Waals surface area contributed by atoms with Crippen LogP contribution in [0.2, 0.25) is 0 Å². The first-order valence-electron chi connectivity index (χ1n) is 4.65. The number of hydrogen-bond donors (Lipinski definition) is 1. The number of nitrogens with one attached hydrogen (secondary N) is 1. The second-order valence-electron chi connectivity index (χ2n) is 2.71. The lowest BCUT2D eigenvalue weighted by Crippen LogP contribution is -2.34. The minimum atomic E-state index is 0.468. The maximum absolute atomic E-state index is 5.20. The predicted octanol–water partition coefficient (Wildman–Crippen LogP) is 1.04. The van der Waals surface area contributed by atoms with E-state index < -0.39 is 0 Å². The molecule has 0 aromatic rings. The Labute approximate surface area is 75.4 Å². The van der Waals surface area contributed by atoms with Crippen LogP contribution in [0.4, 0.5) is 0 Å². The second-order valence-corrected chi connectivity index (χ2v) is 2.71. The zero-order valence-electron chi connectivity index (χ0n) is 8.43. The molecule has 0 rings (SSSR count). The van der Waals surface area contributed by atoms with Gasteiger partial charge in [0.25, 0.3) is 0 Å². The highest BCUT2D eigenvalue weighted by molar-refractivity contribution is 4.62. The third kappa shape index (κ3) is 6.58. The van der Waals surface area contributed by atoms with Gasteiger partial charge in [0.1, 0.15) is 0 Å². The zero-order chi connectivity index (χ0) is 9.23. The summed E-state index contributed by atoms with van der Waals surface area (Å²) in [4.78, 5) is 0. The van der Waals surface area contributed by atoms with Crippen LogP contribution in [0.1, 0.15) is 20.3 Å². The van der Waals surface area contributed by atoms with Gasteiger partial charge in [0.15, 0.2) is 0 Å². The van der Waals surface area contributed by atoms with Gasteiger partial charge in [-0.05, 0) is 13.3 Å². The van der Waals surface area contributed by atoms with Gasteiger partial charge in [-0.2, -0.15) is 0 Å². The van der Waals surface area contributed by atoms with Crippen LogP contribution in [0.3, 0.4) is 0 Å². The summed E-state index contributed by atoms with van der Waals surface area (Å²) in [6.07, 6.45) is 1.10. The van der Waals surface area contributed by atoms with E-state index in [1.165, 1.54) is 0 Å². The molecule has 12 heavy (non-hydrogen) atoms. The molecule has 0 aliphatic heterocycles. The summed E-state index contributed by atoms with van der Waals surface area (Å²) < 4.78 is 10.3. The van der Waals surface area contributed by atoms with Gasteiger partial charge < -0.3 is 14.8 Å². The average molecular weight is 175 g/mol. The van der Waals surface area contributed by atoms with Gasteiger partial charge in [-0.3, -0.25) is 0 Å². The molecule has 0 bridgehead atoms. The van der Waals surface area contributed by atoms with Gasteiger partial charge in [0.05, 0.1) is 13.2 Å². The van der Waals surface area contributed by atoms with Crippen LogP contribution in [0, 0.1) is 0 Å². The number of rotatable bonds is 8. The summed E-state index contributed by atoms with van der Waals surface area (Å²) in [5.74, 6) is 0. The SMILES string of the molecule is CCOCCNC(CC)COC. The van der Waals surface area contributed by atoms with Gasteiger partial charge in [0, 0.05) is 26.3 Å². The van der Waals surface area contributed by atoms with Crippen LogP contribution in [0.15, 0.2) is 0 Å². The first kappa shape index (κ1) is 11.9. The van der Waals surface area contributed by atoms with Crippen molar-refractivity contribution >= 4 is 0 Å². The maximum Gasteiger partial charge on any atom is 0.0615 e. The summed E-state index contributed by atoms with van der Waals surface area (Å²) in [7, 11) is 1.73. The van der Waals surface area contributed by atoms with Crippen LogP contribution in [0.5, 0.6) is 0 Å². The van der Waals surface area contributed by atoms with E-state index in [-0.39, 0.29) is 0 Å². The first-order chi connectivity index (χ1) is 5.85. The van der Waals surface area contributed by atoms with E-state index in [9.17, 15) is 0 Å². The quantitative estimate of drug-likeness (QED) is 0.559. The van der Waals surface area contributed by atoms with E-state index in [0.29, 0.717) is 6.04 Å². The summed E-state index contributed by atoms with van der Waals surface area (Å²) in [5, 5.41) is 3.36.